The number of ether oxygens (including phenoxy) is 1. The highest BCUT2D eigenvalue weighted by atomic mass is 32.1. The van der Waals surface area contributed by atoms with Gasteiger partial charge < -0.3 is 20.7 Å². The molecule has 0 saturated heterocycles. The van der Waals surface area contributed by atoms with E-state index in [0.29, 0.717) is 17.0 Å². The Labute approximate surface area is 185 Å². The number of rotatable bonds is 5. The van der Waals surface area contributed by atoms with Gasteiger partial charge in [-0.2, -0.15) is 0 Å². The maximum absolute atomic E-state index is 14.2. The summed E-state index contributed by atoms with van der Waals surface area (Å²) in [7, 11) is 0. The lowest BCUT2D eigenvalue weighted by atomic mass is 10.2. The number of nitrogen functional groups attached to an aromatic ring is 1. The molecule has 0 fully saturated rings. The van der Waals surface area contributed by atoms with Crippen LogP contribution in [-0.2, 0) is 6.54 Å². The Bertz CT molecular complexity index is 1410. The van der Waals surface area contributed by atoms with E-state index in [1.165, 1.54) is 40.2 Å². The predicted molar refractivity (Wildman–Crippen MR) is 121 cm³/mol. The fourth-order valence-electron chi connectivity index (χ4n) is 3.29. The summed E-state index contributed by atoms with van der Waals surface area (Å²) in [6.07, 6.45) is 3.29. The first-order chi connectivity index (χ1) is 15.5. The standard InChI is InChI=1S/C23H17FN4O3S/c24-15-9-14(25)2-4-18(15)31-19-7-8-26-17-10-20(32-23(17)19)16-3-1-13(11-27-16)12-28-21(29)5-6-22(28)30/h1-11,29-30H,12,25H2. The number of hydrogen-bond acceptors (Lipinski definition) is 7. The van der Waals surface area contributed by atoms with Gasteiger partial charge in [-0.3, -0.25) is 14.5 Å². The average molecular weight is 448 g/mol. The lowest BCUT2D eigenvalue weighted by Gasteiger charge is -2.08. The molecule has 5 rings (SSSR count). The van der Waals surface area contributed by atoms with Gasteiger partial charge in [0, 0.05) is 42.3 Å². The van der Waals surface area contributed by atoms with Crippen molar-refractivity contribution in [2.24, 2.45) is 0 Å². The minimum atomic E-state index is -0.538. The number of pyridine rings is 2. The van der Waals surface area contributed by atoms with Crippen LogP contribution in [-0.4, -0.2) is 24.7 Å². The Balaban J connectivity index is 1.43. The lowest BCUT2D eigenvalue weighted by Crippen LogP contribution is -1.99. The van der Waals surface area contributed by atoms with E-state index in [1.807, 2.05) is 18.2 Å². The predicted octanol–water partition coefficient (Wildman–Crippen LogP) is 5.13. The molecule has 0 spiro atoms. The zero-order valence-electron chi connectivity index (χ0n) is 16.6. The highest BCUT2D eigenvalue weighted by molar-refractivity contribution is 7.22. The summed E-state index contributed by atoms with van der Waals surface area (Å²) in [6, 6.07) is 14.5. The van der Waals surface area contributed by atoms with Crippen LogP contribution in [0.15, 0.2) is 67.0 Å². The van der Waals surface area contributed by atoms with Crippen molar-refractivity contribution in [1.29, 1.82) is 0 Å². The number of fused-ring (bicyclic) bond motifs is 1. The first kappa shape index (κ1) is 19.8. The van der Waals surface area contributed by atoms with Crippen molar-refractivity contribution in [3.63, 3.8) is 0 Å². The Morgan fingerprint density at radius 2 is 1.78 bits per heavy atom. The molecule has 0 aliphatic heterocycles. The second-order valence-corrected chi connectivity index (χ2v) is 8.17. The molecule has 0 amide bonds. The third-order valence-corrected chi connectivity index (χ3v) is 6.07. The van der Waals surface area contributed by atoms with E-state index >= 15 is 0 Å². The molecule has 4 N–H and O–H groups in total. The lowest BCUT2D eigenvalue weighted by molar-refractivity contribution is 0.377. The van der Waals surface area contributed by atoms with Crippen LogP contribution in [0.3, 0.4) is 0 Å². The number of aromatic hydroxyl groups is 2. The zero-order valence-corrected chi connectivity index (χ0v) is 17.4. The Morgan fingerprint density at radius 1 is 0.969 bits per heavy atom. The van der Waals surface area contributed by atoms with Crippen molar-refractivity contribution >= 4 is 27.2 Å². The van der Waals surface area contributed by atoms with E-state index in [1.54, 1.807) is 24.5 Å². The summed E-state index contributed by atoms with van der Waals surface area (Å²) in [6.45, 7) is 0.289. The number of thiophene rings is 1. The molecule has 4 heterocycles. The van der Waals surface area contributed by atoms with E-state index in [-0.39, 0.29) is 24.1 Å². The Morgan fingerprint density at radius 3 is 2.50 bits per heavy atom. The van der Waals surface area contributed by atoms with Crippen LogP contribution in [0, 0.1) is 5.82 Å². The van der Waals surface area contributed by atoms with Crippen LogP contribution in [0.25, 0.3) is 20.8 Å². The van der Waals surface area contributed by atoms with Gasteiger partial charge in [-0.25, -0.2) is 4.39 Å². The van der Waals surface area contributed by atoms with Gasteiger partial charge >= 0.3 is 0 Å². The van der Waals surface area contributed by atoms with E-state index in [2.05, 4.69) is 9.97 Å². The summed E-state index contributed by atoms with van der Waals surface area (Å²) >= 11 is 1.44. The Kier molecular flexibility index (Phi) is 4.87. The minimum absolute atomic E-state index is 0.0211. The van der Waals surface area contributed by atoms with Gasteiger partial charge in [0.1, 0.15) is 5.75 Å². The highest BCUT2D eigenvalue weighted by Gasteiger charge is 2.14. The molecule has 0 aliphatic rings. The number of hydrogen-bond donors (Lipinski definition) is 3. The molecule has 5 aromatic rings. The van der Waals surface area contributed by atoms with Crippen LogP contribution in [0.2, 0.25) is 0 Å². The molecule has 0 bridgehead atoms. The number of aromatic nitrogens is 3. The smallest absolute Gasteiger partial charge is 0.194 e. The monoisotopic (exact) mass is 448 g/mol. The third kappa shape index (κ3) is 3.69. The van der Waals surface area contributed by atoms with E-state index in [4.69, 9.17) is 10.5 Å². The zero-order chi connectivity index (χ0) is 22.2. The molecule has 0 aliphatic carbocycles. The molecule has 0 saturated carbocycles. The normalized spacial score (nSPS) is 11.2. The summed E-state index contributed by atoms with van der Waals surface area (Å²) < 4.78 is 22.1. The first-order valence-electron chi connectivity index (χ1n) is 9.62. The minimum Gasteiger partial charge on any atom is -0.494 e. The molecule has 32 heavy (non-hydrogen) atoms. The molecule has 9 heteroatoms. The van der Waals surface area contributed by atoms with Crippen molar-refractivity contribution in [3.05, 3.63) is 78.4 Å². The van der Waals surface area contributed by atoms with Gasteiger partial charge in [0.05, 0.1) is 27.3 Å². The second kappa shape index (κ2) is 7.86. The van der Waals surface area contributed by atoms with E-state index < -0.39 is 5.82 Å². The molecular weight excluding hydrogens is 431 g/mol. The second-order valence-electron chi connectivity index (χ2n) is 7.11. The molecule has 0 atom stereocenters. The van der Waals surface area contributed by atoms with Crippen molar-refractivity contribution in [2.45, 2.75) is 6.54 Å². The van der Waals surface area contributed by atoms with Gasteiger partial charge in [-0.1, -0.05) is 6.07 Å². The summed E-state index contributed by atoms with van der Waals surface area (Å²) in [5.74, 6) is -0.00559. The fraction of sp³-hybridized carbons (Fsp3) is 0.0435. The highest BCUT2D eigenvalue weighted by Crippen LogP contribution is 2.39. The number of benzene rings is 1. The number of nitrogens with two attached hydrogens (primary N) is 1. The third-order valence-electron chi connectivity index (χ3n) is 4.90. The van der Waals surface area contributed by atoms with Crippen LogP contribution < -0.4 is 10.5 Å². The van der Waals surface area contributed by atoms with Crippen molar-refractivity contribution < 1.29 is 19.3 Å². The summed E-state index contributed by atoms with van der Waals surface area (Å²) in [5.41, 5.74) is 8.20. The molecule has 0 unspecified atom stereocenters. The van der Waals surface area contributed by atoms with Crippen LogP contribution in [0.1, 0.15) is 5.56 Å². The fourth-order valence-corrected chi connectivity index (χ4v) is 4.34. The van der Waals surface area contributed by atoms with Crippen molar-refractivity contribution in [2.75, 3.05) is 5.73 Å². The van der Waals surface area contributed by atoms with Crippen molar-refractivity contribution in [3.8, 4) is 33.8 Å². The van der Waals surface area contributed by atoms with Gasteiger partial charge in [0.15, 0.2) is 23.3 Å². The topological polar surface area (TPSA) is 106 Å². The number of halogens is 1. The van der Waals surface area contributed by atoms with E-state index in [0.717, 1.165) is 20.8 Å². The van der Waals surface area contributed by atoms with Crippen LogP contribution in [0.5, 0.6) is 23.3 Å². The average Bonchev–Trinajstić information content (AvgIpc) is 3.35. The molecule has 7 nitrogen and oxygen atoms in total. The quantitative estimate of drug-likeness (QED) is 0.322. The summed E-state index contributed by atoms with van der Waals surface area (Å²) in [5, 5.41) is 19.6. The Hall–Kier alpha value is -4.11. The molecular formula is C23H17FN4O3S. The SMILES string of the molecule is Nc1ccc(Oc2ccnc3cc(-c4ccc(Cn5c(O)ccc5O)cn4)sc23)c(F)c1. The maximum Gasteiger partial charge on any atom is 0.194 e. The van der Waals surface area contributed by atoms with Gasteiger partial charge in [0.2, 0.25) is 0 Å². The van der Waals surface area contributed by atoms with Crippen LogP contribution in [0.4, 0.5) is 10.1 Å². The summed E-state index contributed by atoms with van der Waals surface area (Å²) in [4.78, 5) is 9.77. The maximum atomic E-state index is 14.2. The molecule has 1 aromatic carbocycles. The molecule has 160 valence electrons. The van der Waals surface area contributed by atoms with Gasteiger partial charge in [0.25, 0.3) is 0 Å². The molecule has 0 radical (unpaired) electrons. The molecule has 4 aromatic heterocycles. The van der Waals surface area contributed by atoms with Crippen molar-refractivity contribution in [1.82, 2.24) is 14.5 Å². The van der Waals surface area contributed by atoms with Crippen LogP contribution >= 0.6 is 11.3 Å². The number of anilines is 1. The van der Waals surface area contributed by atoms with E-state index in [9.17, 15) is 14.6 Å². The van der Waals surface area contributed by atoms with Gasteiger partial charge in [-0.15, -0.1) is 11.3 Å². The first-order valence-corrected chi connectivity index (χ1v) is 10.4. The van der Waals surface area contributed by atoms with Gasteiger partial charge in [-0.05, 0) is 29.8 Å². The number of nitrogens with zero attached hydrogens (tertiary/aromatic N) is 3. The largest absolute Gasteiger partial charge is 0.494 e.